The maximum Gasteiger partial charge on any atom is 0.191 e. The first-order valence-corrected chi connectivity index (χ1v) is 7.33. The highest BCUT2D eigenvalue weighted by molar-refractivity contribution is 14.0. The molecule has 0 radical (unpaired) electrons. The van der Waals surface area contributed by atoms with E-state index in [0.717, 1.165) is 18.3 Å². The molecule has 2 aliphatic carbocycles. The Kier molecular flexibility index (Phi) is 5.29. The van der Waals surface area contributed by atoms with Crippen LogP contribution in [0.15, 0.2) is 29.3 Å². The second kappa shape index (κ2) is 6.78. The molecule has 3 atom stereocenters. The lowest BCUT2D eigenvalue weighted by molar-refractivity contribution is 0.519. The van der Waals surface area contributed by atoms with E-state index in [0.29, 0.717) is 12.1 Å². The average molecular weight is 385 g/mol. The molecule has 0 amide bonds. The number of hydrogen-bond donors (Lipinski definition) is 2. The van der Waals surface area contributed by atoms with Crippen molar-refractivity contribution in [3.8, 4) is 0 Å². The van der Waals surface area contributed by atoms with Gasteiger partial charge >= 0.3 is 0 Å². The van der Waals surface area contributed by atoms with E-state index >= 15 is 0 Å². The molecule has 2 aliphatic rings. The van der Waals surface area contributed by atoms with Crippen LogP contribution in [0.25, 0.3) is 0 Å². The summed E-state index contributed by atoms with van der Waals surface area (Å²) in [6.45, 7) is 2.28. The van der Waals surface area contributed by atoms with Crippen molar-refractivity contribution in [1.82, 2.24) is 10.6 Å². The Morgan fingerprint density at radius 3 is 2.55 bits per heavy atom. The minimum Gasteiger partial charge on any atom is -0.353 e. The van der Waals surface area contributed by atoms with E-state index in [-0.39, 0.29) is 24.0 Å². The summed E-state index contributed by atoms with van der Waals surface area (Å²) in [5.74, 6) is 1.77. The van der Waals surface area contributed by atoms with Gasteiger partial charge in [0.25, 0.3) is 0 Å². The largest absolute Gasteiger partial charge is 0.353 e. The predicted molar refractivity (Wildman–Crippen MR) is 94.9 cm³/mol. The van der Waals surface area contributed by atoms with Crippen LogP contribution in [0.3, 0.4) is 0 Å². The number of nitrogens with one attached hydrogen (secondary N) is 2. The van der Waals surface area contributed by atoms with Gasteiger partial charge in [-0.3, -0.25) is 4.99 Å². The van der Waals surface area contributed by atoms with Gasteiger partial charge in [-0.25, -0.2) is 0 Å². The zero-order valence-electron chi connectivity index (χ0n) is 12.2. The summed E-state index contributed by atoms with van der Waals surface area (Å²) in [4.78, 5) is 4.35. The molecular formula is C16H24IN3. The van der Waals surface area contributed by atoms with Crippen LogP contribution >= 0.6 is 24.0 Å². The smallest absolute Gasteiger partial charge is 0.191 e. The lowest BCUT2D eigenvalue weighted by Gasteiger charge is -2.27. The van der Waals surface area contributed by atoms with Gasteiger partial charge < -0.3 is 10.6 Å². The van der Waals surface area contributed by atoms with Gasteiger partial charge in [0, 0.05) is 19.1 Å². The maximum absolute atomic E-state index is 4.35. The molecule has 0 aliphatic heterocycles. The SMILES string of the molecule is CN=C(NC1CCc2ccccc2C1)NC1CC1C.I. The molecule has 0 aromatic heterocycles. The van der Waals surface area contributed by atoms with E-state index < -0.39 is 0 Å². The zero-order valence-corrected chi connectivity index (χ0v) is 14.6. The van der Waals surface area contributed by atoms with Gasteiger partial charge in [0.05, 0.1) is 0 Å². The molecule has 4 heteroatoms. The summed E-state index contributed by atoms with van der Waals surface area (Å²) in [7, 11) is 1.86. The van der Waals surface area contributed by atoms with Crippen molar-refractivity contribution in [3.05, 3.63) is 35.4 Å². The fourth-order valence-electron chi connectivity index (χ4n) is 2.88. The molecule has 2 N–H and O–H groups in total. The number of rotatable bonds is 2. The fourth-order valence-corrected chi connectivity index (χ4v) is 2.88. The monoisotopic (exact) mass is 385 g/mol. The van der Waals surface area contributed by atoms with Crippen molar-refractivity contribution >= 4 is 29.9 Å². The first-order valence-electron chi connectivity index (χ1n) is 7.33. The highest BCUT2D eigenvalue weighted by Crippen LogP contribution is 2.29. The third-order valence-electron chi connectivity index (χ3n) is 4.34. The van der Waals surface area contributed by atoms with Crippen LogP contribution in [0, 0.1) is 5.92 Å². The van der Waals surface area contributed by atoms with Crippen molar-refractivity contribution in [1.29, 1.82) is 0 Å². The van der Waals surface area contributed by atoms with Crippen LogP contribution in [0.2, 0.25) is 0 Å². The normalized spacial score (nSPS) is 28.1. The molecular weight excluding hydrogens is 361 g/mol. The quantitative estimate of drug-likeness (QED) is 0.467. The van der Waals surface area contributed by atoms with E-state index in [2.05, 4.69) is 46.8 Å². The summed E-state index contributed by atoms with van der Waals surface area (Å²) < 4.78 is 0. The number of aryl methyl sites for hydroxylation is 1. The minimum absolute atomic E-state index is 0. The molecule has 1 fully saturated rings. The van der Waals surface area contributed by atoms with Gasteiger partial charge in [-0.2, -0.15) is 0 Å². The first-order chi connectivity index (χ1) is 9.26. The van der Waals surface area contributed by atoms with Crippen molar-refractivity contribution < 1.29 is 0 Å². The highest BCUT2D eigenvalue weighted by Gasteiger charge is 2.33. The van der Waals surface area contributed by atoms with Crippen molar-refractivity contribution in [2.45, 2.75) is 44.7 Å². The maximum atomic E-state index is 4.35. The van der Waals surface area contributed by atoms with E-state index in [1.54, 1.807) is 0 Å². The Hall–Kier alpha value is -0.780. The van der Waals surface area contributed by atoms with E-state index in [9.17, 15) is 0 Å². The van der Waals surface area contributed by atoms with Crippen LogP contribution in [0.5, 0.6) is 0 Å². The molecule has 3 rings (SSSR count). The molecule has 0 bridgehead atoms. The zero-order chi connectivity index (χ0) is 13.2. The summed E-state index contributed by atoms with van der Waals surface area (Å²) in [5.41, 5.74) is 3.00. The molecule has 0 spiro atoms. The van der Waals surface area contributed by atoms with E-state index in [4.69, 9.17) is 0 Å². The first kappa shape index (κ1) is 15.6. The van der Waals surface area contributed by atoms with Gasteiger partial charge in [-0.15, -0.1) is 24.0 Å². The Labute approximate surface area is 138 Å². The lowest BCUT2D eigenvalue weighted by Crippen LogP contribution is -2.46. The standard InChI is InChI=1S/C16H23N3.HI/c1-11-9-15(11)19-16(17-2)18-14-8-7-12-5-3-4-6-13(12)10-14;/h3-6,11,14-15H,7-10H2,1-2H3,(H2,17,18,19);1H. The van der Waals surface area contributed by atoms with Gasteiger partial charge in [0.1, 0.15) is 0 Å². The summed E-state index contributed by atoms with van der Waals surface area (Å²) in [6, 6.07) is 9.92. The molecule has 0 saturated heterocycles. The molecule has 1 saturated carbocycles. The van der Waals surface area contributed by atoms with Crippen LogP contribution in [0.1, 0.15) is 30.9 Å². The molecule has 20 heavy (non-hydrogen) atoms. The van der Waals surface area contributed by atoms with E-state index in [1.165, 1.54) is 30.4 Å². The Bertz CT molecular complexity index is 486. The number of halogens is 1. The number of nitrogens with zero attached hydrogens (tertiary/aromatic N) is 1. The highest BCUT2D eigenvalue weighted by atomic mass is 127. The predicted octanol–water partition coefficient (Wildman–Crippen LogP) is 2.74. The van der Waals surface area contributed by atoms with Crippen molar-refractivity contribution in [3.63, 3.8) is 0 Å². The Balaban J connectivity index is 0.00000147. The van der Waals surface area contributed by atoms with Crippen LogP contribution in [0.4, 0.5) is 0 Å². The topological polar surface area (TPSA) is 36.4 Å². The third kappa shape index (κ3) is 3.65. The molecule has 3 nitrogen and oxygen atoms in total. The molecule has 1 aromatic rings. The third-order valence-corrected chi connectivity index (χ3v) is 4.34. The van der Waals surface area contributed by atoms with Crippen LogP contribution in [-0.4, -0.2) is 25.1 Å². The van der Waals surface area contributed by atoms with Crippen molar-refractivity contribution in [2.75, 3.05) is 7.05 Å². The summed E-state index contributed by atoms with van der Waals surface area (Å²) in [6.07, 6.45) is 4.74. The second-order valence-corrected chi connectivity index (χ2v) is 5.89. The van der Waals surface area contributed by atoms with Crippen LogP contribution < -0.4 is 10.6 Å². The number of hydrogen-bond acceptors (Lipinski definition) is 1. The number of benzene rings is 1. The molecule has 110 valence electrons. The van der Waals surface area contributed by atoms with Gasteiger partial charge in [0.15, 0.2) is 5.96 Å². The molecule has 1 aromatic carbocycles. The second-order valence-electron chi connectivity index (χ2n) is 5.89. The lowest BCUT2D eigenvalue weighted by atomic mass is 9.88. The Morgan fingerprint density at radius 1 is 1.20 bits per heavy atom. The van der Waals surface area contributed by atoms with Crippen molar-refractivity contribution in [2.24, 2.45) is 10.9 Å². The fraction of sp³-hybridized carbons (Fsp3) is 0.562. The van der Waals surface area contributed by atoms with Gasteiger partial charge in [-0.05, 0) is 42.7 Å². The van der Waals surface area contributed by atoms with Gasteiger partial charge in [0.2, 0.25) is 0 Å². The van der Waals surface area contributed by atoms with Crippen LogP contribution in [-0.2, 0) is 12.8 Å². The van der Waals surface area contributed by atoms with E-state index in [1.807, 2.05) is 7.05 Å². The number of guanidine groups is 1. The molecule has 0 heterocycles. The summed E-state index contributed by atoms with van der Waals surface area (Å²) in [5, 5.41) is 7.08. The number of fused-ring (bicyclic) bond motifs is 1. The summed E-state index contributed by atoms with van der Waals surface area (Å²) >= 11 is 0. The average Bonchev–Trinajstić information content (AvgIpc) is 3.13. The number of aliphatic imine (C=N–C) groups is 1. The molecule has 3 unspecified atom stereocenters. The van der Waals surface area contributed by atoms with Gasteiger partial charge in [-0.1, -0.05) is 31.2 Å². The minimum atomic E-state index is 0. The Morgan fingerprint density at radius 2 is 1.90 bits per heavy atom.